The van der Waals surface area contributed by atoms with Crippen LogP contribution in [-0.4, -0.2) is 30.1 Å². The highest BCUT2D eigenvalue weighted by atomic mass is 16.2. The van der Waals surface area contributed by atoms with E-state index in [2.05, 4.69) is 20.6 Å². The Morgan fingerprint density at radius 1 is 1.18 bits per heavy atom. The number of amides is 2. The van der Waals surface area contributed by atoms with Gasteiger partial charge in [-0.1, -0.05) is 12.1 Å². The molecule has 2 amide bonds. The fraction of sp³-hybridized carbons (Fsp3) is 0.312. The number of nitrogens with one attached hydrogen (secondary N) is 2. The normalized spacial score (nSPS) is 10.2. The molecule has 0 saturated carbocycles. The van der Waals surface area contributed by atoms with Gasteiger partial charge >= 0.3 is 6.03 Å². The Hall–Kier alpha value is -2.63. The van der Waals surface area contributed by atoms with E-state index in [0.29, 0.717) is 12.5 Å². The van der Waals surface area contributed by atoms with Gasteiger partial charge in [-0.25, -0.2) is 14.8 Å². The first kappa shape index (κ1) is 15.8. The van der Waals surface area contributed by atoms with E-state index in [9.17, 15) is 4.79 Å². The number of aromatic nitrogens is 2. The molecule has 0 atom stereocenters. The fourth-order valence-corrected chi connectivity index (χ4v) is 1.98. The van der Waals surface area contributed by atoms with Crippen LogP contribution in [0.2, 0.25) is 0 Å². The molecule has 116 valence electrons. The van der Waals surface area contributed by atoms with Crippen LogP contribution >= 0.6 is 0 Å². The minimum atomic E-state index is -0.256. The van der Waals surface area contributed by atoms with Crippen LogP contribution in [0, 0.1) is 13.8 Å². The molecule has 6 nitrogen and oxygen atoms in total. The van der Waals surface area contributed by atoms with Crippen molar-refractivity contribution in [3.8, 4) is 0 Å². The number of benzene rings is 1. The lowest BCUT2D eigenvalue weighted by atomic mass is 10.2. The molecule has 1 aromatic carbocycles. The van der Waals surface area contributed by atoms with Crippen molar-refractivity contribution >= 4 is 17.7 Å². The van der Waals surface area contributed by atoms with Crippen LogP contribution in [0.15, 0.2) is 30.3 Å². The molecular weight excluding hydrogens is 278 g/mol. The SMILES string of the molecule is Cc1cccc(NC(=O)NCc2cc(C)nc(N(C)C)n2)c1. The van der Waals surface area contributed by atoms with E-state index in [4.69, 9.17) is 0 Å². The van der Waals surface area contributed by atoms with E-state index in [1.807, 2.05) is 63.2 Å². The van der Waals surface area contributed by atoms with Crippen LogP contribution in [-0.2, 0) is 6.54 Å². The summed E-state index contributed by atoms with van der Waals surface area (Å²) in [4.78, 5) is 22.5. The molecule has 1 heterocycles. The highest BCUT2D eigenvalue weighted by Gasteiger charge is 2.06. The van der Waals surface area contributed by atoms with E-state index in [0.717, 1.165) is 22.6 Å². The lowest BCUT2D eigenvalue weighted by Crippen LogP contribution is -2.29. The molecule has 0 aliphatic heterocycles. The Morgan fingerprint density at radius 2 is 1.95 bits per heavy atom. The minimum Gasteiger partial charge on any atom is -0.347 e. The van der Waals surface area contributed by atoms with Crippen LogP contribution in [0.1, 0.15) is 17.0 Å². The third-order valence-corrected chi connectivity index (χ3v) is 3.00. The fourth-order valence-electron chi connectivity index (χ4n) is 1.98. The molecule has 0 radical (unpaired) electrons. The highest BCUT2D eigenvalue weighted by Crippen LogP contribution is 2.10. The summed E-state index contributed by atoms with van der Waals surface area (Å²) in [6.07, 6.45) is 0. The predicted molar refractivity (Wildman–Crippen MR) is 88.1 cm³/mol. The first-order valence-corrected chi connectivity index (χ1v) is 7.07. The van der Waals surface area contributed by atoms with Gasteiger partial charge in [0.15, 0.2) is 0 Å². The Morgan fingerprint density at radius 3 is 2.64 bits per heavy atom. The zero-order valence-electron chi connectivity index (χ0n) is 13.3. The number of aryl methyl sites for hydroxylation is 2. The number of carbonyl (C=O) groups is 1. The van der Waals surface area contributed by atoms with Gasteiger partial charge in [-0.2, -0.15) is 0 Å². The van der Waals surface area contributed by atoms with Gasteiger partial charge < -0.3 is 15.5 Å². The molecule has 2 aromatic rings. The van der Waals surface area contributed by atoms with Crippen LogP contribution < -0.4 is 15.5 Å². The van der Waals surface area contributed by atoms with Crippen molar-refractivity contribution in [2.24, 2.45) is 0 Å². The zero-order valence-corrected chi connectivity index (χ0v) is 13.3. The second-order valence-corrected chi connectivity index (χ2v) is 5.37. The highest BCUT2D eigenvalue weighted by molar-refractivity contribution is 5.89. The minimum absolute atomic E-state index is 0.256. The quantitative estimate of drug-likeness (QED) is 0.910. The number of rotatable bonds is 4. The summed E-state index contributed by atoms with van der Waals surface area (Å²) >= 11 is 0. The van der Waals surface area contributed by atoms with Gasteiger partial charge in [-0.15, -0.1) is 0 Å². The smallest absolute Gasteiger partial charge is 0.319 e. The second kappa shape index (κ2) is 6.89. The molecule has 0 fully saturated rings. The summed E-state index contributed by atoms with van der Waals surface area (Å²) in [5.41, 5.74) is 3.51. The molecule has 0 spiro atoms. The summed E-state index contributed by atoms with van der Waals surface area (Å²) in [5, 5.41) is 5.60. The molecule has 2 N–H and O–H groups in total. The number of nitrogens with zero attached hydrogens (tertiary/aromatic N) is 3. The molecule has 2 rings (SSSR count). The largest absolute Gasteiger partial charge is 0.347 e. The number of anilines is 2. The Balaban J connectivity index is 1.96. The van der Waals surface area contributed by atoms with Crippen LogP contribution in [0.4, 0.5) is 16.4 Å². The average molecular weight is 299 g/mol. The lowest BCUT2D eigenvalue weighted by Gasteiger charge is -2.13. The molecule has 0 aliphatic rings. The number of hydrogen-bond donors (Lipinski definition) is 2. The van der Waals surface area contributed by atoms with Gasteiger partial charge in [0.05, 0.1) is 12.2 Å². The van der Waals surface area contributed by atoms with E-state index in [1.54, 1.807) is 0 Å². The third kappa shape index (κ3) is 4.44. The maximum atomic E-state index is 11.9. The van der Waals surface area contributed by atoms with Crippen LogP contribution in [0.3, 0.4) is 0 Å². The maximum Gasteiger partial charge on any atom is 0.319 e. The summed E-state index contributed by atoms with van der Waals surface area (Å²) in [5.74, 6) is 0.635. The van der Waals surface area contributed by atoms with Gasteiger partial charge in [-0.3, -0.25) is 0 Å². The van der Waals surface area contributed by atoms with E-state index in [1.165, 1.54) is 0 Å². The van der Waals surface area contributed by atoms with E-state index >= 15 is 0 Å². The second-order valence-electron chi connectivity index (χ2n) is 5.37. The van der Waals surface area contributed by atoms with Crippen molar-refractivity contribution in [3.05, 3.63) is 47.3 Å². The summed E-state index contributed by atoms with van der Waals surface area (Å²) in [7, 11) is 3.77. The van der Waals surface area contributed by atoms with Crippen molar-refractivity contribution in [3.63, 3.8) is 0 Å². The first-order chi connectivity index (χ1) is 10.4. The molecular formula is C16H21N5O. The molecule has 1 aromatic heterocycles. The molecule has 22 heavy (non-hydrogen) atoms. The lowest BCUT2D eigenvalue weighted by molar-refractivity contribution is 0.251. The number of carbonyl (C=O) groups excluding carboxylic acids is 1. The van der Waals surface area contributed by atoms with Gasteiger partial charge in [0, 0.05) is 25.5 Å². The van der Waals surface area contributed by atoms with Crippen molar-refractivity contribution in [1.29, 1.82) is 0 Å². The van der Waals surface area contributed by atoms with Gasteiger partial charge in [0.1, 0.15) is 0 Å². The molecule has 6 heteroatoms. The topological polar surface area (TPSA) is 70.2 Å². The van der Waals surface area contributed by atoms with Crippen molar-refractivity contribution < 1.29 is 4.79 Å². The summed E-state index contributed by atoms with van der Waals surface area (Å²) in [6, 6.07) is 9.26. The maximum absolute atomic E-state index is 11.9. The van der Waals surface area contributed by atoms with Crippen molar-refractivity contribution in [1.82, 2.24) is 15.3 Å². The monoisotopic (exact) mass is 299 g/mol. The third-order valence-electron chi connectivity index (χ3n) is 3.00. The summed E-state index contributed by atoms with van der Waals surface area (Å²) < 4.78 is 0. The molecule has 0 bridgehead atoms. The number of urea groups is 1. The standard InChI is InChI=1S/C16H21N5O/c1-11-6-5-7-13(8-11)20-16(22)17-10-14-9-12(2)18-15(19-14)21(3)4/h5-9H,10H2,1-4H3,(H2,17,20,22). The van der Waals surface area contributed by atoms with Crippen molar-refractivity contribution in [2.75, 3.05) is 24.3 Å². The van der Waals surface area contributed by atoms with Gasteiger partial charge in [0.2, 0.25) is 5.95 Å². The van der Waals surface area contributed by atoms with Crippen LogP contribution in [0.5, 0.6) is 0 Å². The average Bonchev–Trinajstić information content (AvgIpc) is 2.44. The van der Waals surface area contributed by atoms with Gasteiger partial charge in [-0.05, 0) is 37.6 Å². The molecule has 0 aliphatic carbocycles. The Bertz CT molecular complexity index is 669. The zero-order chi connectivity index (χ0) is 16.1. The first-order valence-electron chi connectivity index (χ1n) is 7.07. The number of hydrogen-bond acceptors (Lipinski definition) is 4. The van der Waals surface area contributed by atoms with Gasteiger partial charge in [0.25, 0.3) is 0 Å². The van der Waals surface area contributed by atoms with Crippen LogP contribution in [0.25, 0.3) is 0 Å². The Kier molecular flexibility index (Phi) is 4.93. The van der Waals surface area contributed by atoms with E-state index in [-0.39, 0.29) is 6.03 Å². The molecule has 0 unspecified atom stereocenters. The molecule has 0 saturated heterocycles. The van der Waals surface area contributed by atoms with Crippen molar-refractivity contribution in [2.45, 2.75) is 20.4 Å². The van der Waals surface area contributed by atoms with E-state index < -0.39 is 0 Å². The summed E-state index contributed by atoms with van der Waals surface area (Å²) in [6.45, 7) is 4.24. The predicted octanol–water partition coefficient (Wildman–Crippen LogP) is 2.48. The Labute approximate surface area is 130 Å².